The van der Waals surface area contributed by atoms with Crippen LogP contribution < -0.4 is 11.1 Å². The Morgan fingerprint density at radius 1 is 1.19 bits per heavy atom. The summed E-state index contributed by atoms with van der Waals surface area (Å²) < 4.78 is 4.55. The van der Waals surface area contributed by atoms with Gasteiger partial charge in [0.05, 0.1) is 7.11 Å². The monoisotopic (exact) mass is 286 g/mol. The van der Waals surface area contributed by atoms with Gasteiger partial charge in [0.15, 0.2) is 0 Å². The lowest BCUT2D eigenvalue weighted by Gasteiger charge is -2.08. The predicted octanol–water partition coefficient (Wildman–Crippen LogP) is 2.01. The number of carbonyl (C=O) groups excluding carboxylic acids is 2. The van der Waals surface area contributed by atoms with Crippen molar-refractivity contribution in [3.8, 4) is 5.75 Å². The van der Waals surface area contributed by atoms with Crippen molar-refractivity contribution >= 4 is 23.3 Å². The van der Waals surface area contributed by atoms with Gasteiger partial charge in [0.2, 0.25) is 0 Å². The average molecular weight is 286 g/mol. The Morgan fingerprint density at radius 2 is 1.95 bits per heavy atom. The molecule has 0 fully saturated rings. The number of ether oxygens (including phenoxy) is 1. The van der Waals surface area contributed by atoms with Crippen LogP contribution in [-0.4, -0.2) is 24.1 Å². The van der Waals surface area contributed by atoms with Gasteiger partial charge in [0.1, 0.15) is 11.3 Å². The van der Waals surface area contributed by atoms with E-state index in [4.69, 9.17) is 5.73 Å². The van der Waals surface area contributed by atoms with Gasteiger partial charge < -0.3 is 20.9 Å². The van der Waals surface area contributed by atoms with Crippen molar-refractivity contribution in [1.82, 2.24) is 0 Å². The van der Waals surface area contributed by atoms with E-state index < -0.39 is 5.97 Å². The Morgan fingerprint density at radius 3 is 2.62 bits per heavy atom. The molecule has 6 nitrogen and oxygen atoms in total. The number of carbonyl (C=O) groups is 2. The summed E-state index contributed by atoms with van der Waals surface area (Å²) in [4.78, 5) is 23.5. The molecule has 0 atom stereocenters. The highest BCUT2D eigenvalue weighted by molar-refractivity contribution is 6.05. The van der Waals surface area contributed by atoms with E-state index in [9.17, 15) is 14.7 Å². The molecule has 0 aromatic heterocycles. The molecule has 0 bridgehead atoms. The van der Waals surface area contributed by atoms with Crippen LogP contribution in [0.4, 0.5) is 11.4 Å². The fourth-order valence-electron chi connectivity index (χ4n) is 1.77. The third-order valence-electron chi connectivity index (χ3n) is 2.81. The van der Waals surface area contributed by atoms with Crippen molar-refractivity contribution in [3.63, 3.8) is 0 Å². The zero-order valence-corrected chi connectivity index (χ0v) is 11.3. The van der Waals surface area contributed by atoms with Crippen LogP contribution in [0.3, 0.4) is 0 Å². The molecule has 0 heterocycles. The molecule has 0 unspecified atom stereocenters. The second kappa shape index (κ2) is 5.96. The fourth-order valence-corrected chi connectivity index (χ4v) is 1.77. The van der Waals surface area contributed by atoms with E-state index in [1.165, 1.54) is 31.4 Å². The standard InChI is InChI=1S/C15H14N2O4/c1-21-15(20)12-8-11(5-6-13(12)18)17-14(19)9-3-2-4-10(16)7-9/h2-8,18H,16H2,1H3,(H,17,19). The highest BCUT2D eigenvalue weighted by Crippen LogP contribution is 2.22. The van der Waals surface area contributed by atoms with Crippen LogP contribution in [0.15, 0.2) is 42.5 Å². The zero-order valence-electron chi connectivity index (χ0n) is 11.3. The smallest absolute Gasteiger partial charge is 0.341 e. The Balaban J connectivity index is 2.24. The number of nitrogens with two attached hydrogens (primary N) is 1. The van der Waals surface area contributed by atoms with Crippen LogP contribution in [0, 0.1) is 0 Å². The molecule has 0 aliphatic carbocycles. The number of amides is 1. The Kier molecular flexibility index (Phi) is 4.08. The summed E-state index contributed by atoms with van der Waals surface area (Å²) in [5.41, 5.74) is 6.82. The highest BCUT2D eigenvalue weighted by Gasteiger charge is 2.13. The molecule has 0 saturated heterocycles. The topological polar surface area (TPSA) is 102 Å². The van der Waals surface area contributed by atoms with E-state index in [-0.39, 0.29) is 17.2 Å². The number of phenols is 1. The lowest BCUT2D eigenvalue weighted by Crippen LogP contribution is -2.13. The van der Waals surface area contributed by atoms with Crippen molar-refractivity contribution in [2.45, 2.75) is 0 Å². The van der Waals surface area contributed by atoms with Gasteiger partial charge in [-0.2, -0.15) is 0 Å². The number of methoxy groups -OCH3 is 1. The molecule has 2 aromatic carbocycles. The van der Waals surface area contributed by atoms with E-state index in [1.54, 1.807) is 18.2 Å². The molecule has 0 aliphatic heterocycles. The van der Waals surface area contributed by atoms with Gasteiger partial charge in [-0.05, 0) is 36.4 Å². The van der Waals surface area contributed by atoms with E-state index in [1.807, 2.05) is 0 Å². The van der Waals surface area contributed by atoms with E-state index in [2.05, 4.69) is 10.1 Å². The number of anilines is 2. The Labute approximate surface area is 121 Å². The number of aromatic hydroxyl groups is 1. The van der Waals surface area contributed by atoms with Crippen LogP contribution in [0.5, 0.6) is 5.75 Å². The molecule has 1 amide bonds. The van der Waals surface area contributed by atoms with Crippen LogP contribution in [0.2, 0.25) is 0 Å². The lowest BCUT2D eigenvalue weighted by molar-refractivity contribution is 0.0597. The molecule has 0 saturated carbocycles. The molecule has 2 aromatic rings. The molecule has 2 rings (SSSR count). The molecule has 0 aliphatic rings. The molecule has 0 radical (unpaired) electrons. The Bertz CT molecular complexity index is 698. The molecule has 4 N–H and O–H groups in total. The second-order valence-electron chi connectivity index (χ2n) is 4.30. The number of phenolic OH excluding ortho intramolecular Hbond substituents is 1. The number of hydrogen-bond donors (Lipinski definition) is 3. The predicted molar refractivity (Wildman–Crippen MR) is 78.3 cm³/mol. The van der Waals surface area contributed by atoms with Crippen molar-refractivity contribution in [2.24, 2.45) is 0 Å². The maximum Gasteiger partial charge on any atom is 0.341 e. The van der Waals surface area contributed by atoms with Crippen molar-refractivity contribution in [3.05, 3.63) is 53.6 Å². The van der Waals surface area contributed by atoms with Crippen LogP contribution in [-0.2, 0) is 4.74 Å². The number of benzene rings is 2. The summed E-state index contributed by atoms with van der Waals surface area (Å²) in [6.45, 7) is 0. The summed E-state index contributed by atoms with van der Waals surface area (Å²) in [6, 6.07) is 10.6. The van der Waals surface area contributed by atoms with Crippen molar-refractivity contribution in [2.75, 3.05) is 18.2 Å². The summed E-state index contributed by atoms with van der Waals surface area (Å²) >= 11 is 0. The van der Waals surface area contributed by atoms with Gasteiger partial charge >= 0.3 is 5.97 Å². The van der Waals surface area contributed by atoms with Crippen LogP contribution in [0.1, 0.15) is 20.7 Å². The number of nitrogen functional groups attached to an aromatic ring is 1. The largest absolute Gasteiger partial charge is 0.507 e. The third kappa shape index (κ3) is 3.30. The number of hydrogen-bond acceptors (Lipinski definition) is 5. The molecule has 21 heavy (non-hydrogen) atoms. The number of rotatable bonds is 3. The summed E-state index contributed by atoms with van der Waals surface area (Å²) in [5, 5.41) is 12.2. The molecular formula is C15H14N2O4. The maximum absolute atomic E-state index is 12.1. The van der Waals surface area contributed by atoms with Crippen LogP contribution in [0.25, 0.3) is 0 Å². The minimum Gasteiger partial charge on any atom is -0.507 e. The van der Waals surface area contributed by atoms with Gasteiger partial charge in [-0.1, -0.05) is 6.07 Å². The quantitative estimate of drug-likeness (QED) is 0.455. The highest BCUT2D eigenvalue weighted by atomic mass is 16.5. The van der Waals surface area contributed by atoms with Gasteiger partial charge in [-0.25, -0.2) is 4.79 Å². The minimum absolute atomic E-state index is 0.0251. The zero-order chi connectivity index (χ0) is 15.4. The Hall–Kier alpha value is -3.02. The normalized spacial score (nSPS) is 9.95. The average Bonchev–Trinajstić information content (AvgIpc) is 2.48. The molecular weight excluding hydrogens is 272 g/mol. The van der Waals surface area contributed by atoms with Gasteiger partial charge in [0, 0.05) is 16.9 Å². The molecule has 0 spiro atoms. The van der Waals surface area contributed by atoms with Gasteiger partial charge in [-0.15, -0.1) is 0 Å². The minimum atomic E-state index is -0.687. The van der Waals surface area contributed by atoms with Gasteiger partial charge in [-0.3, -0.25) is 4.79 Å². The first-order valence-electron chi connectivity index (χ1n) is 6.09. The lowest BCUT2D eigenvalue weighted by atomic mass is 10.1. The van der Waals surface area contributed by atoms with E-state index in [0.29, 0.717) is 16.9 Å². The SMILES string of the molecule is COC(=O)c1cc(NC(=O)c2cccc(N)c2)ccc1O. The number of esters is 1. The summed E-state index contributed by atoms with van der Waals surface area (Å²) in [5.74, 6) is -1.28. The third-order valence-corrected chi connectivity index (χ3v) is 2.81. The van der Waals surface area contributed by atoms with E-state index in [0.717, 1.165) is 0 Å². The fraction of sp³-hybridized carbons (Fsp3) is 0.0667. The first kappa shape index (κ1) is 14.4. The first-order valence-corrected chi connectivity index (χ1v) is 6.09. The number of nitrogens with one attached hydrogen (secondary N) is 1. The van der Waals surface area contributed by atoms with Crippen molar-refractivity contribution in [1.29, 1.82) is 0 Å². The molecule has 108 valence electrons. The first-order chi connectivity index (χ1) is 10.0. The molecule has 6 heteroatoms. The maximum atomic E-state index is 12.1. The van der Waals surface area contributed by atoms with Crippen molar-refractivity contribution < 1.29 is 19.4 Å². The summed E-state index contributed by atoms with van der Waals surface area (Å²) in [7, 11) is 1.21. The van der Waals surface area contributed by atoms with Crippen LogP contribution >= 0.6 is 0 Å². The van der Waals surface area contributed by atoms with E-state index >= 15 is 0 Å². The van der Waals surface area contributed by atoms with Gasteiger partial charge in [0.25, 0.3) is 5.91 Å². The summed E-state index contributed by atoms with van der Waals surface area (Å²) in [6.07, 6.45) is 0. The second-order valence-corrected chi connectivity index (χ2v) is 4.30.